The Labute approximate surface area is 325 Å². The molecule has 0 saturated heterocycles. The van der Waals surface area contributed by atoms with Crippen molar-refractivity contribution in [2.45, 2.75) is 114 Å². The highest BCUT2D eigenvalue weighted by atomic mass is 32.2. The van der Waals surface area contributed by atoms with E-state index in [0.29, 0.717) is 46.2 Å². The van der Waals surface area contributed by atoms with Gasteiger partial charge in [0.25, 0.3) is 10.1 Å². The minimum atomic E-state index is -4.51. The van der Waals surface area contributed by atoms with E-state index in [9.17, 15) is 26.4 Å². The van der Waals surface area contributed by atoms with Gasteiger partial charge in [-0.15, -0.1) is 0 Å². The summed E-state index contributed by atoms with van der Waals surface area (Å²) in [7, 11) is -6.04. The second-order valence-electron chi connectivity index (χ2n) is 15.0. The molecule has 3 aromatic rings. The van der Waals surface area contributed by atoms with Gasteiger partial charge in [0.05, 0.1) is 20.3 Å². The average molecular weight is 794 g/mol. The molecule has 0 saturated carbocycles. The third-order valence-corrected chi connectivity index (χ3v) is 12.7. The molecule has 5 rings (SSSR count). The number of rotatable bonds is 12. The Morgan fingerprint density at radius 2 is 1.42 bits per heavy atom. The number of carbonyl (C=O) groups excluding carboxylic acids is 2. The molecule has 0 radical (unpaired) electrons. The number of hydrogen-bond donors (Lipinski definition) is 1. The van der Waals surface area contributed by atoms with Gasteiger partial charge in [-0.05, 0) is 95.2 Å². The van der Waals surface area contributed by atoms with Gasteiger partial charge in [-0.3, -0.25) is 13.8 Å². The van der Waals surface area contributed by atoms with Crippen LogP contribution in [0.3, 0.4) is 0 Å². The maximum absolute atomic E-state index is 14.4. The number of amides is 1. The van der Waals surface area contributed by atoms with Gasteiger partial charge in [0, 0.05) is 18.9 Å². The number of hydrogen-bond acceptors (Lipinski definition) is 10. The molecule has 13 heteroatoms. The fourth-order valence-corrected chi connectivity index (χ4v) is 9.84. The summed E-state index contributed by atoms with van der Waals surface area (Å²) in [5.41, 5.74) is 5.24. The highest BCUT2D eigenvalue weighted by Crippen LogP contribution is 2.50. The normalized spacial score (nSPS) is 17.5. The third-order valence-electron chi connectivity index (χ3n) is 10.0. The molecule has 296 valence electrons. The van der Waals surface area contributed by atoms with Crippen molar-refractivity contribution in [3.63, 3.8) is 0 Å². The zero-order valence-corrected chi connectivity index (χ0v) is 34.7. The first-order valence-electron chi connectivity index (χ1n) is 18.4. The van der Waals surface area contributed by atoms with Crippen LogP contribution in [0.5, 0.6) is 17.2 Å². The first-order chi connectivity index (χ1) is 25.8. The van der Waals surface area contributed by atoms with Crippen LogP contribution in [0.25, 0.3) is 5.57 Å². The average Bonchev–Trinajstić information content (AvgIpc) is 3.34. The van der Waals surface area contributed by atoms with E-state index >= 15 is 0 Å². The highest BCUT2D eigenvalue weighted by Gasteiger charge is 2.38. The van der Waals surface area contributed by atoms with Gasteiger partial charge in [0.15, 0.2) is 17.3 Å². The van der Waals surface area contributed by atoms with Crippen LogP contribution in [0.4, 0.5) is 0 Å². The van der Waals surface area contributed by atoms with Gasteiger partial charge < -0.3 is 19.0 Å². The Balaban J connectivity index is 1.66. The number of allylic oxidation sites excluding steroid dienone is 2. The number of nitrogens with one attached hydrogen (secondary N) is 1. The summed E-state index contributed by atoms with van der Waals surface area (Å²) >= 11 is 0. The smallest absolute Gasteiger partial charge is 0.339 e. The summed E-state index contributed by atoms with van der Waals surface area (Å²) in [5, 5.41) is 2.98. The van der Waals surface area contributed by atoms with E-state index in [-0.39, 0.29) is 57.1 Å². The Morgan fingerprint density at radius 3 is 1.95 bits per heavy atom. The SMILES string of the molecule is COc1c(OS(=O)(=O)c2ccc(C)cc2)cc2c(c1OC)C1=C(CC(OS(=O)(=O)c3c(C(C)C)cc(C(C)C)cc3C(C)C)C(=O)C=C1)C(NC(C)=O)CC2. The highest BCUT2D eigenvalue weighted by molar-refractivity contribution is 7.87. The van der Waals surface area contributed by atoms with Crippen molar-refractivity contribution >= 4 is 37.5 Å². The minimum absolute atomic E-state index is 0.00612. The van der Waals surface area contributed by atoms with E-state index in [1.807, 2.05) is 46.8 Å². The summed E-state index contributed by atoms with van der Waals surface area (Å²) in [6.07, 6.45) is 1.85. The maximum Gasteiger partial charge on any atom is 0.339 e. The molecule has 0 aromatic heterocycles. The fraction of sp³-hybridized carbons (Fsp3) is 0.429. The van der Waals surface area contributed by atoms with Crippen LogP contribution in [-0.2, 0) is 40.4 Å². The van der Waals surface area contributed by atoms with Crippen LogP contribution in [0.15, 0.2) is 70.0 Å². The summed E-state index contributed by atoms with van der Waals surface area (Å²) in [4.78, 5) is 26.5. The lowest BCUT2D eigenvalue weighted by atomic mass is 9.89. The molecule has 2 atom stereocenters. The van der Waals surface area contributed by atoms with Crippen LogP contribution in [0.1, 0.15) is 112 Å². The standard InChI is InChI=1S/C42H51NO10S2/c1-23(2)29-19-32(24(3)4)42(33(20-29)25(5)6)55(48,49)52-37-22-34-31(16-18-36(37)45)39-28(13-17-35(34)43-27(8)44)21-38(40(50-9)41(39)51-10)53-54(46,47)30-14-11-26(7)12-15-30/h11-12,14-16,18-21,23-25,35,37H,13,17,22H2,1-10H3,(H,43,44). The van der Waals surface area contributed by atoms with E-state index in [4.69, 9.17) is 17.8 Å². The first-order valence-corrected chi connectivity index (χ1v) is 21.2. The second kappa shape index (κ2) is 16.3. The maximum atomic E-state index is 14.4. The van der Waals surface area contributed by atoms with Gasteiger partial charge in [0.2, 0.25) is 11.7 Å². The molecule has 0 bridgehead atoms. The number of fused-ring (bicyclic) bond motifs is 2. The number of aryl methyl sites for hydroxylation is 2. The molecule has 0 aliphatic heterocycles. The summed E-state index contributed by atoms with van der Waals surface area (Å²) in [6.45, 7) is 15.0. The van der Waals surface area contributed by atoms with Crippen molar-refractivity contribution in [1.82, 2.24) is 5.32 Å². The lowest BCUT2D eigenvalue weighted by molar-refractivity contribution is -0.120. The van der Waals surface area contributed by atoms with Gasteiger partial charge in [-0.25, -0.2) is 0 Å². The van der Waals surface area contributed by atoms with E-state index in [0.717, 1.165) is 11.1 Å². The molecule has 0 spiro atoms. The zero-order valence-electron chi connectivity index (χ0n) is 33.1. The summed E-state index contributed by atoms with van der Waals surface area (Å²) < 4.78 is 79.0. The molecular weight excluding hydrogens is 743 g/mol. The van der Waals surface area contributed by atoms with E-state index in [1.54, 1.807) is 24.3 Å². The van der Waals surface area contributed by atoms with Gasteiger partial charge >= 0.3 is 10.1 Å². The van der Waals surface area contributed by atoms with Crippen LogP contribution in [-0.4, -0.2) is 54.9 Å². The van der Waals surface area contributed by atoms with Gasteiger partial charge in [0.1, 0.15) is 15.9 Å². The van der Waals surface area contributed by atoms with Crippen molar-refractivity contribution in [2.24, 2.45) is 0 Å². The number of benzene rings is 3. The van der Waals surface area contributed by atoms with Gasteiger partial charge in [-0.1, -0.05) is 77.4 Å². The predicted octanol–water partition coefficient (Wildman–Crippen LogP) is 7.66. The Hall–Kier alpha value is -4.46. The lowest BCUT2D eigenvalue weighted by Gasteiger charge is -2.26. The molecule has 3 aromatic carbocycles. The predicted molar refractivity (Wildman–Crippen MR) is 211 cm³/mol. The molecule has 2 aliphatic carbocycles. The van der Waals surface area contributed by atoms with Crippen molar-refractivity contribution in [3.8, 4) is 17.2 Å². The van der Waals surface area contributed by atoms with E-state index < -0.39 is 38.2 Å². The van der Waals surface area contributed by atoms with Gasteiger partial charge in [-0.2, -0.15) is 16.8 Å². The zero-order chi connectivity index (χ0) is 40.6. The topological polar surface area (TPSA) is 151 Å². The summed E-state index contributed by atoms with van der Waals surface area (Å²) in [5.74, 6) is -1.04. The molecule has 11 nitrogen and oxygen atoms in total. The minimum Gasteiger partial charge on any atom is -0.492 e. The molecule has 0 fully saturated rings. The monoisotopic (exact) mass is 793 g/mol. The van der Waals surface area contributed by atoms with Crippen molar-refractivity contribution in [3.05, 3.63) is 93.6 Å². The number of methoxy groups -OCH3 is 2. The van der Waals surface area contributed by atoms with Crippen LogP contribution < -0.4 is 19.0 Å². The molecule has 1 amide bonds. The van der Waals surface area contributed by atoms with Crippen molar-refractivity contribution in [1.29, 1.82) is 0 Å². The van der Waals surface area contributed by atoms with E-state index in [2.05, 4.69) is 19.2 Å². The lowest BCUT2D eigenvalue weighted by Crippen LogP contribution is -2.37. The molecular formula is C42H51NO10S2. The fourth-order valence-electron chi connectivity index (χ4n) is 7.18. The molecule has 55 heavy (non-hydrogen) atoms. The number of carbonyl (C=O) groups is 2. The van der Waals surface area contributed by atoms with Crippen LogP contribution in [0.2, 0.25) is 0 Å². The quantitative estimate of drug-likeness (QED) is 0.181. The third kappa shape index (κ3) is 8.69. The second-order valence-corrected chi connectivity index (χ2v) is 18.1. The summed E-state index contributed by atoms with van der Waals surface area (Å²) in [6, 6.07) is 11.0. The molecule has 2 aliphatic rings. The van der Waals surface area contributed by atoms with E-state index in [1.165, 1.54) is 39.4 Å². The number of ether oxygens (including phenoxy) is 2. The molecule has 0 heterocycles. The van der Waals surface area contributed by atoms with Crippen molar-refractivity contribution < 1.29 is 44.3 Å². The Bertz CT molecular complexity index is 2240. The van der Waals surface area contributed by atoms with Crippen LogP contribution >= 0.6 is 0 Å². The van der Waals surface area contributed by atoms with Crippen LogP contribution in [0, 0.1) is 6.92 Å². The Morgan fingerprint density at radius 1 is 0.818 bits per heavy atom. The number of ketones is 1. The molecule has 1 N–H and O–H groups in total. The Kier molecular flexibility index (Phi) is 12.4. The first kappa shape index (κ1) is 41.7. The van der Waals surface area contributed by atoms with Crippen molar-refractivity contribution in [2.75, 3.05) is 14.2 Å². The molecule has 2 unspecified atom stereocenters. The largest absolute Gasteiger partial charge is 0.492 e.